The van der Waals surface area contributed by atoms with Gasteiger partial charge in [0.1, 0.15) is 4.83 Å². The van der Waals surface area contributed by atoms with Gasteiger partial charge in [0.05, 0.1) is 5.39 Å². The van der Waals surface area contributed by atoms with E-state index in [-0.39, 0.29) is 0 Å². The van der Waals surface area contributed by atoms with Crippen molar-refractivity contribution in [2.45, 2.75) is 0 Å². The maximum atomic E-state index is 5.94. The number of hydrogen-bond donors (Lipinski definition) is 1. The molecule has 0 atom stereocenters. The Morgan fingerprint density at radius 2 is 2.06 bits per heavy atom. The molecule has 0 unspecified atom stereocenters. The highest BCUT2D eigenvalue weighted by Crippen LogP contribution is 2.26. The number of anilines is 1. The Balaban J connectivity index is 1.83. The Hall–Kier alpha value is -0.950. The number of likely N-dealkylation sites (N-methyl/N-ethyl adjacent to an activating group) is 1. The zero-order valence-electron chi connectivity index (χ0n) is 10.1. The van der Waals surface area contributed by atoms with Gasteiger partial charge >= 0.3 is 0 Å². The van der Waals surface area contributed by atoms with E-state index in [2.05, 4.69) is 32.4 Å². The molecule has 0 spiro atoms. The molecule has 3 heterocycles. The smallest absolute Gasteiger partial charge is 0.225 e. The van der Waals surface area contributed by atoms with Crippen molar-refractivity contribution in [3.63, 3.8) is 0 Å². The van der Waals surface area contributed by atoms with Crippen LogP contribution < -0.4 is 5.43 Å². The molecule has 1 fully saturated rings. The topological polar surface area (TPSA) is 44.3 Å². The summed E-state index contributed by atoms with van der Waals surface area (Å²) in [6.07, 6.45) is 0. The first-order chi connectivity index (χ1) is 8.72. The van der Waals surface area contributed by atoms with Gasteiger partial charge in [0.15, 0.2) is 5.82 Å². The zero-order chi connectivity index (χ0) is 12.5. The number of rotatable bonds is 2. The quantitative estimate of drug-likeness (QED) is 0.853. The van der Waals surface area contributed by atoms with Gasteiger partial charge in [-0.3, -0.25) is 0 Å². The summed E-state index contributed by atoms with van der Waals surface area (Å²) in [5.41, 5.74) is 3.35. The van der Waals surface area contributed by atoms with E-state index < -0.39 is 0 Å². The van der Waals surface area contributed by atoms with Gasteiger partial charge in [0, 0.05) is 26.2 Å². The average Bonchev–Trinajstić information content (AvgIpc) is 2.80. The fourth-order valence-electron chi connectivity index (χ4n) is 1.98. The van der Waals surface area contributed by atoms with E-state index in [1.54, 1.807) is 11.3 Å². The molecule has 0 aliphatic carbocycles. The molecule has 18 heavy (non-hydrogen) atoms. The van der Waals surface area contributed by atoms with Crippen LogP contribution in [0.5, 0.6) is 0 Å². The third-order valence-corrected chi connectivity index (χ3v) is 4.04. The summed E-state index contributed by atoms with van der Waals surface area (Å²) in [5, 5.41) is 5.51. The molecular formula is C11H14ClN5S. The summed E-state index contributed by atoms with van der Waals surface area (Å²) in [6.45, 7) is 4.06. The summed E-state index contributed by atoms with van der Waals surface area (Å²) in [7, 11) is 2.13. The molecule has 96 valence electrons. The van der Waals surface area contributed by atoms with Gasteiger partial charge in [-0.1, -0.05) is 0 Å². The van der Waals surface area contributed by atoms with E-state index in [1.807, 2.05) is 11.4 Å². The lowest BCUT2D eigenvalue weighted by Crippen LogP contribution is -2.47. The van der Waals surface area contributed by atoms with E-state index in [0.29, 0.717) is 5.28 Å². The summed E-state index contributed by atoms with van der Waals surface area (Å²) in [4.78, 5) is 11.7. The van der Waals surface area contributed by atoms with Gasteiger partial charge in [-0.15, -0.1) is 11.3 Å². The maximum absolute atomic E-state index is 5.94. The molecule has 2 aromatic heterocycles. The highest BCUT2D eigenvalue weighted by atomic mass is 35.5. The lowest BCUT2D eigenvalue weighted by Gasteiger charge is -2.32. The third kappa shape index (κ3) is 2.42. The third-order valence-electron chi connectivity index (χ3n) is 3.07. The van der Waals surface area contributed by atoms with E-state index >= 15 is 0 Å². The predicted molar refractivity (Wildman–Crippen MR) is 75.1 cm³/mol. The van der Waals surface area contributed by atoms with Crippen molar-refractivity contribution in [2.75, 3.05) is 38.7 Å². The number of fused-ring (bicyclic) bond motifs is 1. The summed E-state index contributed by atoms with van der Waals surface area (Å²) < 4.78 is 0. The van der Waals surface area contributed by atoms with E-state index in [0.717, 1.165) is 42.2 Å². The molecule has 1 N–H and O–H groups in total. The normalized spacial score (nSPS) is 18.3. The minimum atomic E-state index is 0.293. The monoisotopic (exact) mass is 283 g/mol. The summed E-state index contributed by atoms with van der Waals surface area (Å²) in [5.74, 6) is 0.802. The van der Waals surface area contributed by atoms with Gasteiger partial charge in [-0.2, -0.15) is 4.98 Å². The minimum Gasteiger partial charge on any atom is -0.304 e. The van der Waals surface area contributed by atoms with Crippen LogP contribution >= 0.6 is 22.9 Å². The zero-order valence-corrected chi connectivity index (χ0v) is 11.6. The Kier molecular flexibility index (Phi) is 3.34. The number of halogens is 1. The van der Waals surface area contributed by atoms with Crippen LogP contribution in [-0.2, 0) is 0 Å². The molecule has 1 aliphatic rings. The van der Waals surface area contributed by atoms with Gasteiger partial charge in [0.2, 0.25) is 5.28 Å². The van der Waals surface area contributed by atoms with Crippen molar-refractivity contribution < 1.29 is 0 Å². The van der Waals surface area contributed by atoms with E-state index in [4.69, 9.17) is 11.6 Å². The second-order valence-electron chi connectivity index (χ2n) is 4.38. The molecule has 0 saturated carbocycles. The molecule has 0 aromatic carbocycles. The number of aromatic nitrogens is 2. The molecular weight excluding hydrogens is 270 g/mol. The van der Waals surface area contributed by atoms with Crippen molar-refractivity contribution in [3.05, 3.63) is 16.7 Å². The molecule has 2 aromatic rings. The van der Waals surface area contributed by atoms with Gasteiger partial charge in [-0.05, 0) is 30.1 Å². The van der Waals surface area contributed by atoms with E-state index in [1.165, 1.54) is 0 Å². The fraction of sp³-hybridized carbons (Fsp3) is 0.455. The van der Waals surface area contributed by atoms with Crippen LogP contribution in [-0.4, -0.2) is 53.1 Å². The molecule has 0 amide bonds. The van der Waals surface area contributed by atoms with Crippen LogP contribution in [0.15, 0.2) is 11.4 Å². The summed E-state index contributed by atoms with van der Waals surface area (Å²) >= 11 is 7.52. The number of nitrogens with zero attached hydrogens (tertiary/aromatic N) is 4. The van der Waals surface area contributed by atoms with Crippen molar-refractivity contribution in [3.8, 4) is 0 Å². The first-order valence-electron chi connectivity index (χ1n) is 5.83. The minimum absolute atomic E-state index is 0.293. The first-order valence-corrected chi connectivity index (χ1v) is 7.09. The van der Waals surface area contributed by atoms with Crippen molar-refractivity contribution in [2.24, 2.45) is 0 Å². The van der Waals surface area contributed by atoms with Crippen LogP contribution in [0.4, 0.5) is 5.82 Å². The van der Waals surface area contributed by atoms with Crippen LogP contribution in [0.25, 0.3) is 10.2 Å². The molecule has 3 rings (SSSR count). The highest BCUT2D eigenvalue weighted by Gasteiger charge is 2.16. The van der Waals surface area contributed by atoms with Crippen LogP contribution in [0.1, 0.15) is 0 Å². The Bertz CT molecular complexity index is 549. The molecule has 1 aliphatic heterocycles. The average molecular weight is 284 g/mol. The SMILES string of the molecule is CN1CCN(Nc2nc(Cl)nc3sccc23)CC1. The Morgan fingerprint density at radius 3 is 2.83 bits per heavy atom. The lowest BCUT2D eigenvalue weighted by atomic mass is 10.3. The second-order valence-corrected chi connectivity index (χ2v) is 5.62. The molecule has 1 saturated heterocycles. The van der Waals surface area contributed by atoms with Crippen molar-refractivity contribution in [1.29, 1.82) is 0 Å². The van der Waals surface area contributed by atoms with Crippen LogP contribution in [0.2, 0.25) is 5.28 Å². The number of piperazine rings is 1. The van der Waals surface area contributed by atoms with Crippen LogP contribution in [0, 0.1) is 0 Å². The van der Waals surface area contributed by atoms with Gasteiger partial charge in [0.25, 0.3) is 0 Å². The Morgan fingerprint density at radius 1 is 1.28 bits per heavy atom. The standard InChI is InChI=1S/C11H14ClN5S/c1-16-3-5-17(6-4-16)15-9-8-2-7-18-10(8)14-11(12)13-9/h2,7H,3-6H2,1H3,(H,13,14,15). The number of thiophene rings is 1. The van der Waals surface area contributed by atoms with E-state index in [9.17, 15) is 0 Å². The molecule has 7 heteroatoms. The molecule has 0 radical (unpaired) electrons. The van der Waals surface area contributed by atoms with Gasteiger partial charge in [-0.25, -0.2) is 9.99 Å². The first kappa shape index (κ1) is 12.1. The molecule has 0 bridgehead atoms. The molecule has 5 nitrogen and oxygen atoms in total. The number of hydrazine groups is 1. The Labute approximate surface area is 114 Å². The lowest BCUT2D eigenvalue weighted by molar-refractivity contribution is 0.178. The number of nitrogens with one attached hydrogen (secondary N) is 1. The van der Waals surface area contributed by atoms with Gasteiger partial charge < -0.3 is 10.3 Å². The second kappa shape index (κ2) is 4.97. The van der Waals surface area contributed by atoms with Crippen molar-refractivity contribution >= 4 is 39.0 Å². The predicted octanol–water partition coefficient (Wildman–Crippen LogP) is 1.92. The maximum Gasteiger partial charge on any atom is 0.225 e. The van der Waals surface area contributed by atoms with Crippen LogP contribution in [0.3, 0.4) is 0 Å². The summed E-state index contributed by atoms with van der Waals surface area (Å²) in [6, 6.07) is 2.02. The number of hydrogen-bond acceptors (Lipinski definition) is 6. The largest absolute Gasteiger partial charge is 0.304 e. The fourth-order valence-corrected chi connectivity index (χ4v) is 2.97. The van der Waals surface area contributed by atoms with Crippen molar-refractivity contribution in [1.82, 2.24) is 19.9 Å². The highest BCUT2D eigenvalue weighted by molar-refractivity contribution is 7.16.